The fourth-order valence-electron chi connectivity index (χ4n) is 2.67. The van der Waals surface area contributed by atoms with Gasteiger partial charge in [-0.3, -0.25) is 9.58 Å². The van der Waals surface area contributed by atoms with Crippen molar-refractivity contribution in [3.8, 4) is 0 Å². The molecule has 0 bridgehead atoms. The summed E-state index contributed by atoms with van der Waals surface area (Å²) < 4.78 is 1.82. The number of nitrogens with two attached hydrogens (primary N) is 1. The van der Waals surface area contributed by atoms with E-state index in [4.69, 9.17) is 17.3 Å². The molecule has 0 fully saturated rings. The van der Waals surface area contributed by atoms with Crippen molar-refractivity contribution in [3.63, 3.8) is 0 Å². The molecule has 2 aromatic rings. The van der Waals surface area contributed by atoms with Crippen LogP contribution in [0.4, 0.5) is 0 Å². The summed E-state index contributed by atoms with van der Waals surface area (Å²) in [6.07, 6.45) is 4.85. The molecular weight excluding hydrogens is 284 g/mol. The Hall–Kier alpha value is -1.36. The van der Waals surface area contributed by atoms with Crippen molar-refractivity contribution in [2.24, 2.45) is 12.8 Å². The molecule has 0 aliphatic heterocycles. The minimum absolute atomic E-state index is 0.0679. The van der Waals surface area contributed by atoms with E-state index >= 15 is 0 Å². The van der Waals surface area contributed by atoms with Gasteiger partial charge >= 0.3 is 0 Å². The fourth-order valence-corrected chi connectivity index (χ4v) is 2.88. The van der Waals surface area contributed by atoms with E-state index in [0.717, 1.165) is 23.6 Å². The molecule has 0 amide bonds. The average Bonchev–Trinajstić information content (AvgIpc) is 2.85. The molecule has 1 aromatic carbocycles. The van der Waals surface area contributed by atoms with E-state index < -0.39 is 0 Å². The number of halogens is 1. The molecule has 5 heteroatoms. The predicted octanol–water partition coefficient (Wildman–Crippen LogP) is 2.98. The summed E-state index contributed by atoms with van der Waals surface area (Å²) >= 11 is 6.06. The second-order valence-corrected chi connectivity index (χ2v) is 5.95. The Morgan fingerprint density at radius 3 is 2.76 bits per heavy atom. The van der Waals surface area contributed by atoms with Crippen LogP contribution in [-0.4, -0.2) is 27.8 Å². The van der Waals surface area contributed by atoms with Crippen molar-refractivity contribution >= 4 is 11.6 Å². The third kappa shape index (κ3) is 4.06. The van der Waals surface area contributed by atoms with Gasteiger partial charge in [0.1, 0.15) is 0 Å². The maximum Gasteiger partial charge on any atom is 0.0538 e. The zero-order valence-corrected chi connectivity index (χ0v) is 13.6. The highest BCUT2D eigenvalue weighted by molar-refractivity contribution is 6.30. The Bertz CT molecular complexity index is 581. The minimum atomic E-state index is 0.0679. The molecule has 0 saturated carbocycles. The molecule has 2 atom stereocenters. The van der Waals surface area contributed by atoms with E-state index in [1.54, 1.807) is 0 Å². The van der Waals surface area contributed by atoms with Gasteiger partial charge in [-0.1, -0.05) is 30.7 Å². The second kappa shape index (κ2) is 7.07. The average molecular weight is 307 g/mol. The Morgan fingerprint density at radius 2 is 2.19 bits per heavy atom. The van der Waals surface area contributed by atoms with Crippen LogP contribution in [0.3, 0.4) is 0 Å². The van der Waals surface area contributed by atoms with Crippen LogP contribution in [-0.2, 0) is 13.6 Å². The standard InChI is InChI=1S/C16H23ClN4/c1-4-15(18)16(13-9-19-21(3)11-13)20(2)10-12-6-5-7-14(17)8-12/h5-9,11,15-16H,4,10,18H2,1-3H3. The smallest absolute Gasteiger partial charge is 0.0538 e. The largest absolute Gasteiger partial charge is 0.326 e. The zero-order chi connectivity index (χ0) is 15.4. The van der Waals surface area contributed by atoms with Crippen molar-refractivity contribution in [1.82, 2.24) is 14.7 Å². The third-order valence-corrected chi connectivity index (χ3v) is 3.97. The van der Waals surface area contributed by atoms with E-state index in [1.807, 2.05) is 42.3 Å². The first kappa shape index (κ1) is 16.0. The summed E-state index contributed by atoms with van der Waals surface area (Å²) in [5.41, 5.74) is 8.67. The van der Waals surface area contributed by atoms with Crippen molar-refractivity contribution in [2.75, 3.05) is 7.05 Å². The number of hydrogen-bond donors (Lipinski definition) is 1. The molecule has 114 valence electrons. The number of nitrogens with zero attached hydrogens (tertiary/aromatic N) is 3. The number of aromatic nitrogens is 2. The number of aryl methyl sites for hydroxylation is 1. The quantitative estimate of drug-likeness (QED) is 0.892. The summed E-state index contributed by atoms with van der Waals surface area (Å²) in [6.45, 7) is 2.91. The topological polar surface area (TPSA) is 47.1 Å². The van der Waals surface area contributed by atoms with Crippen LogP contribution in [0.25, 0.3) is 0 Å². The maximum absolute atomic E-state index is 6.34. The molecule has 1 aromatic heterocycles. The molecule has 2 N–H and O–H groups in total. The lowest BCUT2D eigenvalue weighted by Crippen LogP contribution is -2.38. The van der Waals surface area contributed by atoms with Crippen molar-refractivity contribution in [1.29, 1.82) is 0 Å². The maximum atomic E-state index is 6.34. The van der Waals surface area contributed by atoms with Gasteiger partial charge in [-0.05, 0) is 31.2 Å². The lowest BCUT2D eigenvalue weighted by atomic mass is 9.99. The summed E-state index contributed by atoms with van der Waals surface area (Å²) in [4.78, 5) is 2.26. The van der Waals surface area contributed by atoms with Gasteiger partial charge in [0.15, 0.2) is 0 Å². The highest BCUT2D eigenvalue weighted by Crippen LogP contribution is 2.25. The van der Waals surface area contributed by atoms with Gasteiger partial charge in [0.25, 0.3) is 0 Å². The number of hydrogen-bond acceptors (Lipinski definition) is 3. The predicted molar refractivity (Wildman–Crippen MR) is 87.1 cm³/mol. The first-order chi connectivity index (χ1) is 10.0. The van der Waals surface area contributed by atoms with Gasteiger partial charge in [-0.2, -0.15) is 5.10 Å². The number of likely N-dealkylation sites (N-methyl/N-ethyl adjacent to an activating group) is 1. The van der Waals surface area contributed by atoms with Gasteiger partial charge in [0, 0.05) is 36.4 Å². The lowest BCUT2D eigenvalue weighted by molar-refractivity contribution is 0.201. The van der Waals surface area contributed by atoms with Gasteiger partial charge < -0.3 is 5.73 Å². The van der Waals surface area contributed by atoms with Crippen LogP contribution in [0.5, 0.6) is 0 Å². The van der Waals surface area contributed by atoms with Crippen LogP contribution in [0.1, 0.15) is 30.5 Å². The minimum Gasteiger partial charge on any atom is -0.326 e. The normalized spacial score (nSPS) is 14.4. The zero-order valence-electron chi connectivity index (χ0n) is 12.8. The van der Waals surface area contributed by atoms with Gasteiger partial charge in [0.05, 0.1) is 12.2 Å². The van der Waals surface area contributed by atoms with E-state index in [-0.39, 0.29) is 12.1 Å². The molecule has 0 aliphatic rings. The molecule has 0 aliphatic carbocycles. The monoisotopic (exact) mass is 306 g/mol. The summed E-state index contributed by atoms with van der Waals surface area (Å²) in [6, 6.07) is 8.16. The summed E-state index contributed by atoms with van der Waals surface area (Å²) in [7, 11) is 4.02. The van der Waals surface area contributed by atoms with Crippen LogP contribution >= 0.6 is 11.6 Å². The Balaban J connectivity index is 2.20. The van der Waals surface area contributed by atoms with Crippen molar-refractivity contribution < 1.29 is 0 Å². The Labute approximate surface area is 131 Å². The lowest BCUT2D eigenvalue weighted by Gasteiger charge is -2.31. The third-order valence-electron chi connectivity index (χ3n) is 3.74. The van der Waals surface area contributed by atoms with E-state index in [9.17, 15) is 0 Å². The van der Waals surface area contributed by atoms with E-state index in [1.165, 1.54) is 5.56 Å². The summed E-state index contributed by atoms with van der Waals surface area (Å²) in [5.74, 6) is 0. The first-order valence-corrected chi connectivity index (χ1v) is 7.58. The molecular formula is C16H23ClN4. The highest BCUT2D eigenvalue weighted by atomic mass is 35.5. The summed E-state index contributed by atoms with van der Waals surface area (Å²) in [5, 5.41) is 5.03. The van der Waals surface area contributed by atoms with Crippen LogP contribution in [0, 0.1) is 0 Å². The molecule has 1 heterocycles. The fraction of sp³-hybridized carbons (Fsp3) is 0.438. The molecule has 2 rings (SSSR count). The molecule has 2 unspecified atom stereocenters. The van der Waals surface area contributed by atoms with Crippen molar-refractivity contribution in [3.05, 3.63) is 52.8 Å². The molecule has 0 spiro atoms. The van der Waals surface area contributed by atoms with E-state index in [0.29, 0.717) is 0 Å². The van der Waals surface area contributed by atoms with Gasteiger partial charge in [-0.15, -0.1) is 0 Å². The SMILES string of the molecule is CCC(N)C(c1cnn(C)c1)N(C)Cc1cccc(Cl)c1. The Kier molecular flexibility index (Phi) is 5.39. The van der Waals surface area contributed by atoms with Crippen LogP contribution < -0.4 is 5.73 Å². The number of rotatable bonds is 6. The van der Waals surface area contributed by atoms with Gasteiger partial charge in [-0.25, -0.2) is 0 Å². The van der Waals surface area contributed by atoms with Crippen LogP contribution in [0.15, 0.2) is 36.7 Å². The molecule has 0 saturated heterocycles. The van der Waals surface area contributed by atoms with Crippen LogP contribution in [0.2, 0.25) is 5.02 Å². The van der Waals surface area contributed by atoms with E-state index in [2.05, 4.69) is 30.0 Å². The number of benzene rings is 1. The molecule has 0 radical (unpaired) electrons. The molecule has 4 nitrogen and oxygen atoms in total. The van der Waals surface area contributed by atoms with Crippen molar-refractivity contribution in [2.45, 2.75) is 32.0 Å². The van der Waals surface area contributed by atoms with Gasteiger partial charge in [0.2, 0.25) is 0 Å². The second-order valence-electron chi connectivity index (χ2n) is 5.51. The highest BCUT2D eigenvalue weighted by Gasteiger charge is 2.24. The molecule has 21 heavy (non-hydrogen) atoms. The Morgan fingerprint density at radius 1 is 1.43 bits per heavy atom. The first-order valence-electron chi connectivity index (χ1n) is 7.20.